The van der Waals surface area contributed by atoms with Crippen LogP contribution in [0.5, 0.6) is 5.75 Å². The monoisotopic (exact) mass is 524 g/mol. The van der Waals surface area contributed by atoms with E-state index in [0.29, 0.717) is 17.5 Å². The van der Waals surface area contributed by atoms with Crippen LogP contribution < -0.4 is 15.0 Å². The van der Waals surface area contributed by atoms with Gasteiger partial charge in [0.25, 0.3) is 5.56 Å². The number of hydrogen-bond donors (Lipinski definition) is 2. The van der Waals surface area contributed by atoms with Crippen LogP contribution in [-0.2, 0) is 23.4 Å². The maximum absolute atomic E-state index is 13.4. The Morgan fingerprint density at radius 3 is 2.94 bits per heavy atom. The summed E-state index contributed by atoms with van der Waals surface area (Å²) in [5, 5.41) is 4.02. The van der Waals surface area contributed by atoms with Crippen molar-refractivity contribution in [2.75, 3.05) is 26.7 Å². The fourth-order valence-corrected chi connectivity index (χ4v) is 5.16. The third-order valence-corrected chi connectivity index (χ3v) is 7.46. The van der Waals surface area contributed by atoms with Crippen molar-refractivity contribution in [3.05, 3.63) is 34.2 Å². The number of aryl methyl sites for hydroxylation is 2. The Bertz CT molecular complexity index is 1670. The molecule has 2 N–H and O–H groups in total. The van der Waals surface area contributed by atoms with Gasteiger partial charge in [-0.05, 0) is 63.8 Å². The summed E-state index contributed by atoms with van der Waals surface area (Å²) in [5.41, 5.74) is -1.33. The van der Waals surface area contributed by atoms with Crippen LogP contribution in [0, 0.1) is 0 Å². The van der Waals surface area contributed by atoms with Gasteiger partial charge in [-0.3, -0.25) is 9.48 Å². The van der Waals surface area contributed by atoms with Crippen LogP contribution >= 0.6 is 0 Å². The van der Waals surface area contributed by atoms with Crippen molar-refractivity contribution >= 4 is 21.1 Å². The number of nitrogens with one attached hydrogen (secondary N) is 2. The number of sulfonamides is 1. The smallest absolute Gasteiger partial charge is 0.277 e. The van der Waals surface area contributed by atoms with Gasteiger partial charge in [-0.2, -0.15) is 5.10 Å². The lowest BCUT2D eigenvalue weighted by atomic mass is 10.1. The molecule has 3 aromatic rings. The Morgan fingerprint density at radius 2 is 2.22 bits per heavy atom. The zero-order valence-corrected chi connectivity index (χ0v) is 21.1. The van der Waals surface area contributed by atoms with Gasteiger partial charge in [0.15, 0.2) is 5.52 Å². The predicted molar refractivity (Wildman–Crippen MR) is 140 cm³/mol. The largest absolute Gasteiger partial charge is 0.493 e. The number of benzene rings is 1. The van der Waals surface area contributed by atoms with Crippen LogP contribution in [-0.4, -0.2) is 65.9 Å². The number of nitrogens with zero attached hydrogens (tertiary/aromatic N) is 4. The lowest BCUT2D eigenvalue weighted by molar-refractivity contribution is 0.297. The molecule has 4 rings (SSSR count). The van der Waals surface area contributed by atoms with Crippen LogP contribution in [0.3, 0.4) is 0 Å². The highest BCUT2D eigenvalue weighted by molar-refractivity contribution is 7.89. The molecule has 2 aromatic heterocycles. The molecule has 10 nitrogen and oxygen atoms in total. The Kier molecular flexibility index (Phi) is 5.44. The second-order valence-corrected chi connectivity index (χ2v) is 10.4. The molecule has 0 amide bonds. The molecule has 1 aliphatic rings. The normalized spacial score (nSPS) is 21.1. The van der Waals surface area contributed by atoms with E-state index in [0.717, 1.165) is 13.0 Å². The van der Waals surface area contributed by atoms with E-state index in [1.807, 2.05) is 11.8 Å². The molecule has 0 bridgehead atoms. The summed E-state index contributed by atoms with van der Waals surface area (Å²) >= 11 is 0. The summed E-state index contributed by atoms with van der Waals surface area (Å²) in [5.74, 6) is 0.0391. The fraction of sp³-hybridized carbons (Fsp3) is 0.560. The number of fused-ring (bicyclic) bond motifs is 1. The molecule has 1 atom stereocenters. The predicted octanol–water partition coefficient (Wildman–Crippen LogP) is 2.83. The molecule has 1 fully saturated rings. The zero-order chi connectivity index (χ0) is 32.7. The Labute approximate surface area is 223 Å². The first kappa shape index (κ1) is 17.7. The Balaban J connectivity index is 1.79. The second kappa shape index (κ2) is 11.1. The summed E-state index contributed by atoms with van der Waals surface area (Å²) < 4.78 is 98.4. The van der Waals surface area contributed by atoms with E-state index in [2.05, 4.69) is 19.8 Å². The highest BCUT2D eigenvalue weighted by atomic mass is 32.2. The number of H-pyrrole nitrogens is 1. The van der Waals surface area contributed by atoms with Crippen LogP contribution in [0.1, 0.15) is 62.5 Å². The second-order valence-electron chi connectivity index (χ2n) is 8.64. The molecule has 3 heterocycles. The maximum atomic E-state index is 13.4. The molecule has 196 valence electrons. The van der Waals surface area contributed by atoms with E-state index in [1.165, 1.54) is 18.2 Å². The molecular weight excluding hydrogens is 480 g/mol. The molecule has 1 saturated heterocycles. The Morgan fingerprint density at radius 1 is 1.36 bits per heavy atom. The summed E-state index contributed by atoms with van der Waals surface area (Å²) in [7, 11) is -2.45. The molecule has 0 saturated carbocycles. The average molecular weight is 525 g/mol. The van der Waals surface area contributed by atoms with E-state index in [9.17, 15) is 13.2 Å². The Hall–Kier alpha value is -2.76. The number of aromatic amines is 1. The van der Waals surface area contributed by atoms with Crippen molar-refractivity contribution in [2.45, 2.75) is 63.2 Å². The van der Waals surface area contributed by atoms with E-state index in [1.54, 1.807) is 7.05 Å². The van der Waals surface area contributed by atoms with Crippen molar-refractivity contribution in [3.8, 4) is 17.1 Å². The van der Waals surface area contributed by atoms with Gasteiger partial charge in [-0.15, -0.1) is 0 Å². The number of hydrogen-bond acceptors (Lipinski definition) is 7. The van der Waals surface area contributed by atoms with Crippen molar-refractivity contribution in [2.24, 2.45) is 6.98 Å². The van der Waals surface area contributed by atoms with E-state index in [-0.39, 0.29) is 58.2 Å². The van der Waals surface area contributed by atoms with Gasteiger partial charge in [0.2, 0.25) is 10.0 Å². The standard InChI is InChI=1S/C25H36N6O4S/c1-5-8-20-22-23(31(4)29-20)25(32)28-24(27-22)19-16-18(10-11-21(19)35-15-6-2)36(33,34)26-13-12-17-9-7-14-30(17)3/h10-11,16-17,26H,5-9,12-15H2,1-4H3,(H,27,28,32)/i1D3,4D3,12D2. The van der Waals surface area contributed by atoms with Gasteiger partial charge in [-0.1, -0.05) is 20.2 Å². The molecule has 1 aliphatic heterocycles. The van der Waals surface area contributed by atoms with Gasteiger partial charge >= 0.3 is 0 Å². The molecule has 0 spiro atoms. The lowest BCUT2D eigenvalue weighted by Gasteiger charge is -2.19. The van der Waals surface area contributed by atoms with Gasteiger partial charge in [0, 0.05) is 30.5 Å². The van der Waals surface area contributed by atoms with Crippen LogP contribution in [0.4, 0.5) is 0 Å². The summed E-state index contributed by atoms with van der Waals surface area (Å²) in [6.07, 6.45) is -0.349. The quantitative estimate of drug-likeness (QED) is 0.395. The maximum Gasteiger partial charge on any atom is 0.277 e. The number of rotatable bonds is 11. The summed E-state index contributed by atoms with van der Waals surface area (Å²) in [6.45, 7) is -2.83. The summed E-state index contributed by atoms with van der Waals surface area (Å²) in [6, 6.07) is 3.47. The van der Waals surface area contributed by atoms with Crippen LogP contribution in [0.25, 0.3) is 22.4 Å². The van der Waals surface area contributed by atoms with Crippen molar-refractivity contribution in [1.82, 2.24) is 29.4 Å². The lowest BCUT2D eigenvalue weighted by Crippen LogP contribution is -2.31. The topological polar surface area (TPSA) is 122 Å². The minimum Gasteiger partial charge on any atom is -0.493 e. The highest BCUT2D eigenvalue weighted by Gasteiger charge is 2.23. The van der Waals surface area contributed by atoms with Crippen molar-refractivity contribution in [1.29, 1.82) is 0 Å². The summed E-state index contributed by atoms with van der Waals surface area (Å²) in [4.78, 5) is 21.9. The molecule has 0 radical (unpaired) electrons. The van der Waals surface area contributed by atoms with Gasteiger partial charge in [0.05, 0.1) is 22.8 Å². The molecule has 1 aromatic carbocycles. The first-order valence-corrected chi connectivity index (χ1v) is 13.3. The third kappa shape index (κ3) is 5.47. The highest BCUT2D eigenvalue weighted by Crippen LogP contribution is 2.31. The van der Waals surface area contributed by atoms with E-state index < -0.39 is 48.4 Å². The van der Waals surface area contributed by atoms with Crippen LogP contribution in [0.15, 0.2) is 27.9 Å². The molecular formula is C25H36N6O4S. The molecule has 0 aliphatic carbocycles. The van der Waals surface area contributed by atoms with Crippen LogP contribution in [0.2, 0.25) is 0 Å². The molecule has 36 heavy (non-hydrogen) atoms. The van der Waals surface area contributed by atoms with E-state index in [4.69, 9.17) is 15.7 Å². The molecule has 1 unspecified atom stereocenters. The number of ether oxygens (including phenoxy) is 1. The number of aromatic nitrogens is 4. The third-order valence-electron chi connectivity index (χ3n) is 6.06. The SMILES string of the molecule is [2H]C([2H])([2H])CCc1nn(C([2H])([2H])[2H])c2c(=O)[nH]c(-c3cc(S(=O)(=O)NCC([2H])([2H])C4CCCN4C)ccc3OCCC)nc12. The minimum absolute atomic E-state index is 0.0137. The van der Waals surface area contributed by atoms with E-state index >= 15 is 0 Å². The first-order chi connectivity index (χ1) is 20.3. The van der Waals surface area contributed by atoms with Gasteiger partial charge in [0.1, 0.15) is 17.1 Å². The molecule has 11 heteroatoms. The van der Waals surface area contributed by atoms with Gasteiger partial charge < -0.3 is 14.6 Å². The van der Waals surface area contributed by atoms with Crippen molar-refractivity contribution in [3.63, 3.8) is 0 Å². The minimum atomic E-state index is -4.25. The average Bonchev–Trinajstić information content (AvgIpc) is 3.53. The first-order valence-electron chi connectivity index (χ1n) is 15.8. The van der Waals surface area contributed by atoms with Gasteiger partial charge in [-0.25, -0.2) is 18.1 Å². The van der Waals surface area contributed by atoms with Crippen molar-refractivity contribution < 1.29 is 24.1 Å². The number of likely N-dealkylation sites (tertiary alicyclic amines) is 1. The fourth-order valence-electron chi connectivity index (χ4n) is 4.20. The zero-order valence-electron chi connectivity index (χ0n) is 28.3.